The Kier molecular flexibility index (Phi) is 6.70. The van der Waals surface area contributed by atoms with Crippen LogP contribution in [0.2, 0.25) is 0 Å². The minimum atomic E-state index is 0.106. The standard InChI is InChI=1S/C27H37N7/c1-4-33-25(14-16-29-33)20(3)30-27(21-9-7-5-6-8-10-21)24-18-34-26(31-24)12-11-23(32-34)17-22-13-15-28-19(22)2/h11-12,14,16,18,21-22,27-28,30H,2-10,13,15,17H2,1H3. The maximum Gasteiger partial charge on any atom is 0.153 e. The van der Waals surface area contributed by atoms with Crippen molar-refractivity contribution in [1.29, 1.82) is 0 Å². The molecule has 0 aromatic carbocycles. The maximum absolute atomic E-state index is 5.03. The molecule has 4 heterocycles. The molecule has 34 heavy (non-hydrogen) atoms. The van der Waals surface area contributed by atoms with E-state index in [-0.39, 0.29) is 6.04 Å². The van der Waals surface area contributed by atoms with Gasteiger partial charge in [-0.15, -0.1) is 0 Å². The lowest BCUT2D eigenvalue weighted by atomic mass is 9.89. The largest absolute Gasteiger partial charge is 0.389 e. The summed E-state index contributed by atoms with van der Waals surface area (Å²) in [5.41, 5.74) is 6.11. The van der Waals surface area contributed by atoms with Crippen LogP contribution >= 0.6 is 0 Å². The van der Waals surface area contributed by atoms with Crippen molar-refractivity contribution < 1.29 is 0 Å². The minimum Gasteiger partial charge on any atom is -0.389 e. The number of aromatic nitrogens is 5. The van der Waals surface area contributed by atoms with E-state index in [4.69, 9.17) is 10.1 Å². The van der Waals surface area contributed by atoms with Crippen molar-refractivity contribution in [3.8, 4) is 0 Å². The molecule has 1 saturated carbocycles. The second kappa shape index (κ2) is 10.0. The number of rotatable bonds is 8. The van der Waals surface area contributed by atoms with Gasteiger partial charge in [0.05, 0.1) is 35.0 Å². The Morgan fingerprint density at radius 1 is 1.18 bits per heavy atom. The molecule has 1 aliphatic carbocycles. The van der Waals surface area contributed by atoms with Crippen molar-refractivity contribution in [2.24, 2.45) is 11.8 Å². The second-order valence-corrected chi connectivity index (χ2v) is 9.82. The van der Waals surface area contributed by atoms with Crippen LogP contribution in [0.3, 0.4) is 0 Å². The molecule has 2 aliphatic rings. The third kappa shape index (κ3) is 4.74. The predicted molar refractivity (Wildman–Crippen MR) is 136 cm³/mol. The highest BCUT2D eigenvalue weighted by Gasteiger charge is 2.28. The zero-order valence-electron chi connectivity index (χ0n) is 20.3. The summed E-state index contributed by atoms with van der Waals surface area (Å²) in [5.74, 6) is 0.981. The molecule has 1 aliphatic heterocycles. The SMILES string of the molecule is C=C(NC(c1cn2nc(CC3CCNC3=C)ccc2n1)C1CCCCCC1)c1ccnn1CC. The molecule has 5 rings (SSSR count). The van der Waals surface area contributed by atoms with Gasteiger partial charge in [0.1, 0.15) is 0 Å². The summed E-state index contributed by atoms with van der Waals surface area (Å²) in [6.45, 7) is 12.5. The van der Waals surface area contributed by atoms with E-state index in [2.05, 4.69) is 54.1 Å². The number of allylic oxidation sites excluding steroid dienone is 1. The van der Waals surface area contributed by atoms with Crippen LogP contribution in [0, 0.1) is 11.8 Å². The van der Waals surface area contributed by atoms with Crippen molar-refractivity contribution in [3.05, 3.63) is 66.5 Å². The van der Waals surface area contributed by atoms with E-state index in [9.17, 15) is 0 Å². The van der Waals surface area contributed by atoms with E-state index in [0.29, 0.717) is 11.8 Å². The quantitative estimate of drug-likeness (QED) is 0.470. The lowest BCUT2D eigenvalue weighted by molar-refractivity contribution is 0.348. The van der Waals surface area contributed by atoms with Crippen LogP contribution in [-0.2, 0) is 13.0 Å². The van der Waals surface area contributed by atoms with Gasteiger partial charge in [-0.25, -0.2) is 9.50 Å². The number of fused-ring (bicyclic) bond motifs is 1. The highest BCUT2D eigenvalue weighted by molar-refractivity contribution is 5.59. The van der Waals surface area contributed by atoms with Gasteiger partial charge in [0.15, 0.2) is 5.65 Å². The third-order valence-corrected chi connectivity index (χ3v) is 7.53. The average molecular weight is 460 g/mol. The summed E-state index contributed by atoms with van der Waals surface area (Å²) >= 11 is 0. The summed E-state index contributed by atoms with van der Waals surface area (Å²) < 4.78 is 3.95. The number of nitrogens with one attached hydrogen (secondary N) is 2. The lowest BCUT2D eigenvalue weighted by Crippen LogP contribution is -2.28. The van der Waals surface area contributed by atoms with Gasteiger partial charge in [0.25, 0.3) is 0 Å². The first-order chi connectivity index (χ1) is 16.6. The summed E-state index contributed by atoms with van der Waals surface area (Å²) in [4.78, 5) is 5.03. The van der Waals surface area contributed by atoms with Crippen LogP contribution in [0.15, 0.2) is 49.4 Å². The number of hydrogen-bond acceptors (Lipinski definition) is 5. The van der Waals surface area contributed by atoms with E-state index in [1.807, 2.05) is 21.5 Å². The van der Waals surface area contributed by atoms with E-state index in [1.165, 1.54) is 38.5 Å². The Morgan fingerprint density at radius 3 is 2.74 bits per heavy atom. The molecule has 0 amide bonds. The van der Waals surface area contributed by atoms with Gasteiger partial charge in [-0.1, -0.05) is 38.8 Å². The molecule has 0 radical (unpaired) electrons. The van der Waals surface area contributed by atoms with Crippen LogP contribution in [0.1, 0.15) is 75.0 Å². The Bertz CT molecular complexity index is 1150. The topological polar surface area (TPSA) is 72.1 Å². The van der Waals surface area contributed by atoms with E-state index in [1.54, 1.807) is 0 Å². The first-order valence-corrected chi connectivity index (χ1v) is 12.9. The fraction of sp³-hybridized carbons (Fsp3) is 0.519. The van der Waals surface area contributed by atoms with Gasteiger partial charge in [-0.05, 0) is 56.7 Å². The summed E-state index contributed by atoms with van der Waals surface area (Å²) in [5, 5.41) is 16.5. The predicted octanol–water partition coefficient (Wildman–Crippen LogP) is 4.88. The lowest BCUT2D eigenvalue weighted by Gasteiger charge is -2.28. The molecule has 2 N–H and O–H groups in total. The first kappa shape index (κ1) is 22.7. The molecule has 7 heteroatoms. The first-order valence-electron chi connectivity index (χ1n) is 12.9. The van der Waals surface area contributed by atoms with Gasteiger partial charge < -0.3 is 10.6 Å². The maximum atomic E-state index is 5.03. The smallest absolute Gasteiger partial charge is 0.153 e. The van der Waals surface area contributed by atoms with E-state index >= 15 is 0 Å². The zero-order valence-corrected chi connectivity index (χ0v) is 20.3. The molecule has 3 aromatic heterocycles. The van der Waals surface area contributed by atoms with Crippen LogP contribution < -0.4 is 10.6 Å². The number of aryl methyl sites for hydroxylation is 1. The monoisotopic (exact) mass is 459 g/mol. The Morgan fingerprint density at radius 2 is 2.00 bits per heavy atom. The van der Waals surface area contributed by atoms with Crippen molar-refractivity contribution in [2.75, 3.05) is 6.54 Å². The highest BCUT2D eigenvalue weighted by atomic mass is 15.3. The molecule has 2 unspecified atom stereocenters. The number of imidazole rings is 1. The molecule has 2 fully saturated rings. The van der Waals surface area contributed by atoms with Crippen LogP contribution in [0.4, 0.5) is 0 Å². The summed E-state index contributed by atoms with van der Waals surface area (Å²) in [6, 6.07) is 6.36. The fourth-order valence-electron chi connectivity index (χ4n) is 5.58. The molecule has 1 saturated heterocycles. The summed E-state index contributed by atoms with van der Waals surface area (Å²) in [7, 11) is 0. The second-order valence-electron chi connectivity index (χ2n) is 9.82. The van der Waals surface area contributed by atoms with Crippen LogP contribution in [0.5, 0.6) is 0 Å². The normalized spacial score (nSPS) is 20.3. The van der Waals surface area contributed by atoms with Gasteiger partial charge in [-0.2, -0.15) is 10.2 Å². The van der Waals surface area contributed by atoms with Gasteiger partial charge >= 0.3 is 0 Å². The molecular formula is C27H37N7. The molecule has 180 valence electrons. The minimum absolute atomic E-state index is 0.106. The molecule has 7 nitrogen and oxygen atoms in total. The van der Waals surface area contributed by atoms with Crippen molar-refractivity contribution >= 4 is 11.3 Å². The fourth-order valence-corrected chi connectivity index (χ4v) is 5.58. The molecule has 3 aromatic rings. The Labute approximate surface area is 202 Å². The van der Waals surface area contributed by atoms with Gasteiger partial charge in [0, 0.05) is 30.9 Å². The van der Waals surface area contributed by atoms with Crippen molar-refractivity contribution in [2.45, 2.75) is 70.9 Å². The number of hydrogen-bond donors (Lipinski definition) is 2. The number of nitrogens with zero attached hydrogens (tertiary/aromatic N) is 5. The molecule has 0 bridgehead atoms. The van der Waals surface area contributed by atoms with Crippen molar-refractivity contribution in [3.63, 3.8) is 0 Å². The van der Waals surface area contributed by atoms with E-state index in [0.717, 1.165) is 60.1 Å². The van der Waals surface area contributed by atoms with Crippen LogP contribution in [-0.4, -0.2) is 30.9 Å². The van der Waals surface area contributed by atoms with Crippen LogP contribution in [0.25, 0.3) is 11.3 Å². The van der Waals surface area contributed by atoms with Gasteiger partial charge in [0.2, 0.25) is 0 Å². The average Bonchev–Trinajstić information content (AvgIpc) is 3.53. The summed E-state index contributed by atoms with van der Waals surface area (Å²) in [6.07, 6.45) is 13.6. The molecular weight excluding hydrogens is 422 g/mol. The van der Waals surface area contributed by atoms with Gasteiger partial charge in [-0.3, -0.25) is 4.68 Å². The van der Waals surface area contributed by atoms with E-state index < -0.39 is 0 Å². The Hall–Kier alpha value is -3.09. The molecule has 0 spiro atoms. The Balaban J connectivity index is 1.42. The molecule has 2 atom stereocenters. The van der Waals surface area contributed by atoms with Crippen molar-refractivity contribution in [1.82, 2.24) is 35.0 Å². The third-order valence-electron chi connectivity index (χ3n) is 7.53. The zero-order chi connectivity index (χ0) is 23.5. The highest BCUT2D eigenvalue weighted by Crippen LogP contribution is 2.35.